The van der Waals surface area contributed by atoms with E-state index < -0.39 is 0 Å². The highest BCUT2D eigenvalue weighted by atomic mass is 32.2. The zero-order valence-electron chi connectivity index (χ0n) is 11.7. The number of rotatable bonds is 2. The predicted octanol–water partition coefficient (Wildman–Crippen LogP) is 2.44. The van der Waals surface area contributed by atoms with Gasteiger partial charge in [-0.1, -0.05) is 0 Å². The molecule has 21 heavy (non-hydrogen) atoms. The molecule has 108 valence electrons. The zero-order chi connectivity index (χ0) is 14.8. The number of aryl methyl sites for hydroxylation is 1. The molecule has 0 atom stereocenters. The lowest BCUT2D eigenvalue weighted by Crippen LogP contribution is -2.38. The van der Waals surface area contributed by atoms with E-state index in [2.05, 4.69) is 6.07 Å². The van der Waals surface area contributed by atoms with Crippen molar-refractivity contribution in [3.63, 3.8) is 0 Å². The third kappa shape index (κ3) is 2.45. The van der Waals surface area contributed by atoms with Crippen LogP contribution in [0.2, 0.25) is 0 Å². The number of hydrogen-bond donors (Lipinski definition) is 0. The number of amides is 1. The van der Waals surface area contributed by atoms with Crippen LogP contribution in [0.1, 0.15) is 21.7 Å². The molecule has 3 rings (SSSR count). The van der Waals surface area contributed by atoms with Crippen LogP contribution in [0.5, 0.6) is 0 Å². The topological polar surface area (TPSA) is 62.2 Å². The minimum Gasteiger partial charge on any atom is -0.443 e. The fourth-order valence-electron chi connectivity index (χ4n) is 2.47. The molecule has 0 bridgehead atoms. The summed E-state index contributed by atoms with van der Waals surface area (Å²) in [6.45, 7) is 3.18. The van der Waals surface area contributed by atoms with E-state index in [0.29, 0.717) is 22.8 Å². The van der Waals surface area contributed by atoms with Gasteiger partial charge in [-0.15, -0.1) is 0 Å². The Morgan fingerprint density at radius 3 is 2.62 bits per heavy atom. The monoisotopic (exact) mass is 301 g/mol. The van der Waals surface area contributed by atoms with Crippen LogP contribution >= 0.6 is 11.8 Å². The van der Waals surface area contributed by atoms with Crippen LogP contribution in [0, 0.1) is 18.3 Å². The van der Waals surface area contributed by atoms with E-state index in [1.807, 2.05) is 23.9 Å². The maximum Gasteiger partial charge on any atom is 0.258 e. The SMILES string of the molecule is Cc1oc(-n2cccc2)c(C#N)c1C(=O)N1CCSCC1. The minimum atomic E-state index is -0.105. The van der Waals surface area contributed by atoms with E-state index in [1.54, 1.807) is 28.8 Å². The standard InChI is InChI=1S/C15H15N3O2S/c1-11-13(14(19)17-6-8-21-9-7-17)12(10-16)15(20-11)18-4-2-3-5-18/h2-5H,6-9H2,1H3. The van der Waals surface area contributed by atoms with Gasteiger partial charge in [-0.25, -0.2) is 0 Å². The van der Waals surface area contributed by atoms with Gasteiger partial charge >= 0.3 is 0 Å². The number of carbonyl (C=O) groups is 1. The highest BCUT2D eigenvalue weighted by Crippen LogP contribution is 2.27. The second kappa shape index (κ2) is 5.70. The van der Waals surface area contributed by atoms with Crippen molar-refractivity contribution in [2.45, 2.75) is 6.92 Å². The lowest BCUT2D eigenvalue weighted by molar-refractivity contribution is 0.0770. The maximum absolute atomic E-state index is 12.7. The molecular formula is C15H15N3O2S. The molecule has 2 aromatic rings. The minimum absolute atomic E-state index is 0.105. The van der Waals surface area contributed by atoms with Crippen molar-refractivity contribution in [1.82, 2.24) is 9.47 Å². The van der Waals surface area contributed by atoms with Crippen molar-refractivity contribution >= 4 is 17.7 Å². The Balaban J connectivity index is 2.02. The second-order valence-electron chi connectivity index (χ2n) is 4.82. The van der Waals surface area contributed by atoms with Crippen molar-refractivity contribution in [3.8, 4) is 12.0 Å². The normalized spacial score (nSPS) is 15.0. The molecule has 0 N–H and O–H groups in total. The summed E-state index contributed by atoms with van der Waals surface area (Å²) >= 11 is 1.84. The summed E-state index contributed by atoms with van der Waals surface area (Å²) in [7, 11) is 0. The molecule has 6 heteroatoms. The molecule has 1 aliphatic heterocycles. The quantitative estimate of drug-likeness (QED) is 0.854. The van der Waals surface area contributed by atoms with Crippen LogP contribution in [0.4, 0.5) is 0 Å². The largest absolute Gasteiger partial charge is 0.443 e. The van der Waals surface area contributed by atoms with E-state index in [1.165, 1.54) is 0 Å². The van der Waals surface area contributed by atoms with Crippen LogP contribution in [0.25, 0.3) is 5.88 Å². The molecule has 0 aliphatic carbocycles. The fraction of sp³-hybridized carbons (Fsp3) is 0.333. The van der Waals surface area contributed by atoms with Gasteiger partial charge in [-0.3, -0.25) is 9.36 Å². The Morgan fingerprint density at radius 1 is 1.33 bits per heavy atom. The van der Waals surface area contributed by atoms with Crippen molar-refractivity contribution in [2.24, 2.45) is 0 Å². The Labute approximate surface area is 127 Å². The molecule has 3 heterocycles. The number of thioether (sulfide) groups is 1. The summed E-state index contributed by atoms with van der Waals surface area (Å²) in [4.78, 5) is 14.5. The summed E-state index contributed by atoms with van der Waals surface area (Å²) in [5.74, 6) is 2.68. The molecule has 0 spiro atoms. The number of hydrogen-bond acceptors (Lipinski definition) is 4. The Bertz CT molecular complexity index is 691. The fourth-order valence-corrected chi connectivity index (χ4v) is 3.37. The van der Waals surface area contributed by atoms with Crippen LogP contribution in [-0.2, 0) is 0 Å². The van der Waals surface area contributed by atoms with Gasteiger partial charge in [0.2, 0.25) is 5.88 Å². The average Bonchev–Trinajstić information content (AvgIpc) is 3.14. The van der Waals surface area contributed by atoms with Crippen LogP contribution in [-0.4, -0.2) is 40.0 Å². The van der Waals surface area contributed by atoms with Crippen LogP contribution < -0.4 is 0 Å². The molecule has 1 amide bonds. The second-order valence-corrected chi connectivity index (χ2v) is 6.04. The Morgan fingerprint density at radius 2 is 2.00 bits per heavy atom. The maximum atomic E-state index is 12.7. The van der Waals surface area contributed by atoms with Crippen LogP contribution in [0.3, 0.4) is 0 Å². The third-order valence-electron chi connectivity index (χ3n) is 3.53. The Kier molecular flexibility index (Phi) is 3.76. The molecule has 0 aromatic carbocycles. The molecule has 1 aliphatic rings. The smallest absolute Gasteiger partial charge is 0.258 e. The van der Waals surface area contributed by atoms with Gasteiger partial charge in [0.05, 0.1) is 0 Å². The van der Waals surface area contributed by atoms with Gasteiger partial charge < -0.3 is 9.32 Å². The first-order chi connectivity index (χ1) is 10.2. The van der Waals surface area contributed by atoms with Gasteiger partial charge in [0.15, 0.2) is 0 Å². The molecule has 0 unspecified atom stereocenters. The van der Waals surface area contributed by atoms with Gasteiger partial charge in [0, 0.05) is 37.0 Å². The highest BCUT2D eigenvalue weighted by molar-refractivity contribution is 7.99. The summed E-state index contributed by atoms with van der Waals surface area (Å²) in [6, 6.07) is 5.83. The Hall–Kier alpha value is -2.13. The number of furan rings is 1. The first-order valence-corrected chi connectivity index (χ1v) is 7.91. The van der Waals surface area contributed by atoms with Crippen molar-refractivity contribution in [1.29, 1.82) is 5.26 Å². The molecule has 1 saturated heterocycles. The number of nitrogens with zero attached hydrogens (tertiary/aromatic N) is 3. The van der Waals surface area contributed by atoms with Crippen molar-refractivity contribution in [2.75, 3.05) is 24.6 Å². The van der Waals surface area contributed by atoms with E-state index in [9.17, 15) is 10.1 Å². The molecule has 0 radical (unpaired) electrons. The van der Waals surface area contributed by atoms with Gasteiger partial charge in [-0.05, 0) is 19.1 Å². The highest BCUT2D eigenvalue weighted by Gasteiger charge is 2.28. The van der Waals surface area contributed by atoms with Crippen molar-refractivity contribution in [3.05, 3.63) is 41.4 Å². The lowest BCUT2D eigenvalue weighted by atomic mass is 10.1. The molecule has 0 saturated carbocycles. The average molecular weight is 301 g/mol. The van der Waals surface area contributed by atoms with E-state index in [-0.39, 0.29) is 5.91 Å². The molecule has 5 nitrogen and oxygen atoms in total. The van der Waals surface area contributed by atoms with E-state index in [4.69, 9.17) is 4.42 Å². The summed E-state index contributed by atoms with van der Waals surface area (Å²) < 4.78 is 7.40. The van der Waals surface area contributed by atoms with E-state index >= 15 is 0 Å². The molecular weight excluding hydrogens is 286 g/mol. The third-order valence-corrected chi connectivity index (χ3v) is 4.47. The van der Waals surface area contributed by atoms with Crippen molar-refractivity contribution < 1.29 is 9.21 Å². The van der Waals surface area contributed by atoms with Gasteiger partial charge in [0.1, 0.15) is 23.0 Å². The summed E-state index contributed by atoms with van der Waals surface area (Å²) in [5.41, 5.74) is 0.708. The van der Waals surface area contributed by atoms with Crippen LogP contribution in [0.15, 0.2) is 28.9 Å². The summed E-state index contributed by atoms with van der Waals surface area (Å²) in [5, 5.41) is 9.46. The van der Waals surface area contributed by atoms with E-state index in [0.717, 1.165) is 24.6 Å². The lowest BCUT2D eigenvalue weighted by Gasteiger charge is -2.26. The molecule has 1 fully saturated rings. The molecule has 2 aromatic heterocycles. The first kappa shape index (κ1) is 13.8. The van der Waals surface area contributed by atoms with Gasteiger partial charge in [0.25, 0.3) is 5.91 Å². The first-order valence-electron chi connectivity index (χ1n) is 6.76. The zero-order valence-corrected chi connectivity index (χ0v) is 12.5. The van der Waals surface area contributed by atoms with Gasteiger partial charge in [-0.2, -0.15) is 17.0 Å². The summed E-state index contributed by atoms with van der Waals surface area (Å²) in [6.07, 6.45) is 3.59. The number of nitriles is 1. The number of aromatic nitrogens is 1. The number of carbonyl (C=O) groups excluding carboxylic acids is 1. The predicted molar refractivity (Wildman–Crippen MR) is 80.7 cm³/mol.